The third kappa shape index (κ3) is 1.82. The van der Waals surface area contributed by atoms with Gasteiger partial charge in [-0.3, -0.25) is 0 Å². The maximum Gasteiger partial charge on any atom is 0.00188 e. The van der Waals surface area contributed by atoms with E-state index in [1.807, 2.05) is 0 Å². The standard InChI is InChI=1S/C14H24N2/c1-15(2)6-3-7-16-9-13-11-4-5-12(8-11)14(13)10-16/h4-5,11-14H,3,6-10H2,1-2H3/t11-,12-,13-,14-/m0/s1. The topological polar surface area (TPSA) is 6.48 Å². The summed E-state index contributed by atoms with van der Waals surface area (Å²) in [6.45, 7) is 5.30. The average molecular weight is 220 g/mol. The Balaban J connectivity index is 1.48. The summed E-state index contributed by atoms with van der Waals surface area (Å²) in [5.41, 5.74) is 0. The second-order valence-corrected chi connectivity index (χ2v) is 6.19. The zero-order valence-corrected chi connectivity index (χ0v) is 10.6. The van der Waals surface area contributed by atoms with Gasteiger partial charge in [-0.05, 0) is 63.7 Å². The molecule has 16 heavy (non-hydrogen) atoms. The molecule has 1 heterocycles. The van der Waals surface area contributed by atoms with E-state index in [0.717, 1.165) is 23.7 Å². The van der Waals surface area contributed by atoms with Gasteiger partial charge in [0.1, 0.15) is 0 Å². The Labute approximate surface area is 99.3 Å². The zero-order valence-electron chi connectivity index (χ0n) is 10.6. The molecule has 0 unspecified atom stereocenters. The molecule has 1 saturated carbocycles. The van der Waals surface area contributed by atoms with Crippen LogP contribution in [0.2, 0.25) is 0 Å². The fourth-order valence-electron chi connectivity index (χ4n) is 4.03. The largest absolute Gasteiger partial charge is 0.309 e. The van der Waals surface area contributed by atoms with Gasteiger partial charge in [-0.15, -0.1) is 0 Å². The summed E-state index contributed by atoms with van der Waals surface area (Å²) >= 11 is 0. The summed E-state index contributed by atoms with van der Waals surface area (Å²) in [5, 5.41) is 0. The van der Waals surface area contributed by atoms with E-state index in [0.29, 0.717) is 0 Å². The number of rotatable bonds is 4. The molecule has 3 aliphatic rings. The molecule has 0 aromatic carbocycles. The van der Waals surface area contributed by atoms with Crippen molar-refractivity contribution in [2.75, 3.05) is 40.3 Å². The summed E-state index contributed by atoms with van der Waals surface area (Å²) in [5.74, 6) is 3.89. The second kappa shape index (κ2) is 4.15. The number of fused-ring (bicyclic) bond motifs is 5. The Hall–Kier alpha value is -0.340. The predicted molar refractivity (Wildman–Crippen MR) is 67.3 cm³/mol. The van der Waals surface area contributed by atoms with Crippen molar-refractivity contribution in [1.29, 1.82) is 0 Å². The molecule has 1 saturated heterocycles. The molecule has 2 nitrogen and oxygen atoms in total. The first kappa shape index (κ1) is 10.8. The molecule has 2 bridgehead atoms. The molecule has 0 radical (unpaired) electrons. The summed E-state index contributed by atoms with van der Waals surface area (Å²) in [4.78, 5) is 5.01. The SMILES string of the molecule is CN(C)CCCN1C[C@@H]2[C@@H](C1)[C@H]1C=C[C@H]2C1. The highest BCUT2D eigenvalue weighted by atomic mass is 15.2. The number of hydrogen-bond donors (Lipinski definition) is 0. The van der Waals surface area contributed by atoms with Gasteiger partial charge in [0.05, 0.1) is 0 Å². The summed E-state index contributed by atoms with van der Waals surface area (Å²) in [7, 11) is 4.34. The van der Waals surface area contributed by atoms with Crippen molar-refractivity contribution < 1.29 is 0 Å². The van der Waals surface area contributed by atoms with E-state index in [2.05, 4.69) is 36.0 Å². The van der Waals surface area contributed by atoms with Gasteiger partial charge in [-0.2, -0.15) is 0 Å². The Kier molecular flexibility index (Phi) is 2.80. The van der Waals surface area contributed by atoms with Crippen LogP contribution in [0, 0.1) is 23.7 Å². The summed E-state index contributed by atoms with van der Waals surface area (Å²) in [6.07, 6.45) is 7.79. The van der Waals surface area contributed by atoms with Crippen LogP contribution in [-0.4, -0.2) is 50.1 Å². The highest BCUT2D eigenvalue weighted by molar-refractivity contribution is 5.16. The first-order valence-electron chi connectivity index (χ1n) is 6.79. The van der Waals surface area contributed by atoms with Crippen LogP contribution in [0.3, 0.4) is 0 Å². The molecule has 0 N–H and O–H groups in total. The maximum atomic E-state index is 2.71. The van der Waals surface area contributed by atoms with Crippen LogP contribution in [0.5, 0.6) is 0 Å². The van der Waals surface area contributed by atoms with E-state index < -0.39 is 0 Å². The summed E-state index contributed by atoms with van der Waals surface area (Å²) in [6, 6.07) is 0. The van der Waals surface area contributed by atoms with Crippen molar-refractivity contribution in [1.82, 2.24) is 9.80 Å². The molecule has 0 amide bonds. The van der Waals surface area contributed by atoms with Gasteiger partial charge in [0, 0.05) is 13.1 Å². The van der Waals surface area contributed by atoms with Gasteiger partial charge in [0.15, 0.2) is 0 Å². The third-order valence-electron chi connectivity index (χ3n) is 4.82. The minimum Gasteiger partial charge on any atom is -0.309 e. The second-order valence-electron chi connectivity index (χ2n) is 6.19. The Morgan fingerprint density at radius 2 is 1.75 bits per heavy atom. The van der Waals surface area contributed by atoms with Gasteiger partial charge in [0.2, 0.25) is 0 Å². The fraction of sp³-hybridized carbons (Fsp3) is 0.857. The van der Waals surface area contributed by atoms with E-state index in [4.69, 9.17) is 0 Å². The molecule has 0 aromatic heterocycles. The van der Waals surface area contributed by atoms with Crippen LogP contribution in [-0.2, 0) is 0 Å². The van der Waals surface area contributed by atoms with Gasteiger partial charge >= 0.3 is 0 Å². The van der Waals surface area contributed by atoms with E-state index in [1.54, 1.807) is 0 Å². The van der Waals surface area contributed by atoms with Gasteiger partial charge in [-0.25, -0.2) is 0 Å². The van der Waals surface area contributed by atoms with Crippen LogP contribution in [0.4, 0.5) is 0 Å². The Morgan fingerprint density at radius 3 is 2.31 bits per heavy atom. The highest BCUT2D eigenvalue weighted by Gasteiger charge is 2.48. The molecule has 0 spiro atoms. The van der Waals surface area contributed by atoms with Crippen LogP contribution < -0.4 is 0 Å². The van der Waals surface area contributed by atoms with E-state index in [9.17, 15) is 0 Å². The lowest BCUT2D eigenvalue weighted by molar-refractivity contribution is 0.276. The fourth-order valence-corrected chi connectivity index (χ4v) is 4.03. The molecule has 2 aliphatic carbocycles. The van der Waals surface area contributed by atoms with Gasteiger partial charge in [-0.1, -0.05) is 12.2 Å². The number of hydrogen-bond acceptors (Lipinski definition) is 2. The molecular formula is C14H24N2. The zero-order chi connectivity index (χ0) is 11.1. The van der Waals surface area contributed by atoms with Crippen molar-refractivity contribution in [3.05, 3.63) is 12.2 Å². The predicted octanol–water partition coefficient (Wildman–Crippen LogP) is 1.69. The monoisotopic (exact) mass is 220 g/mol. The van der Waals surface area contributed by atoms with Gasteiger partial charge < -0.3 is 9.80 Å². The van der Waals surface area contributed by atoms with Crippen LogP contribution in [0.1, 0.15) is 12.8 Å². The van der Waals surface area contributed by atoms with Crippen molar-refractivity contribution >= 4 is 0 Å². The Bertz CT molecular complexity index is 264. The highest BCUT2D eigenvalue weighted by Crippen LogP contribution is 2.51. The van der Waals surface area contributed by atoms with Crippen molar-refractivity contribution in [2.24, 2.45) is 23.7 Å². The molecule has 90 valence electrons. The molecule has 0 aromatic rings. The summed E-state index contributed by atoms with van der Waals surface area (Å²) < 4.78 is 0. The minimum atomic E-state index is 0.939. The van der Waals surface area contributed by atoms with Crippen molar-refractivity contribution in [3.8, 4) is 0 Å². The van der Waals surface area contributed by atoms with Crippen LogP contribution >= 0.6 is 0 Å². The molecule has 4 atom stereocenters. The van der Waals surface area contributed by atoms with Crippen LogP contribution in [0.25, 0.3) is 0 Å². The van der Waals surface area contributed by atoms with Crippen molar-refractivity contribution in [2.45, 2.75) is 12.8 Å². The lowest BCUT2D eigenvalue weighted by atomic mass is 9.86. The Morgan fingerprint density at radius 1 is 1.12 bits per heavy atom. The molecule has 1 aliphatic heterocycles. The lowest BCUT2D eigenvalue weighted by Crippen LogP contribution is -2.27. The number of allylic oxidation sites excluding steroid dienone is 2. The molecule has 2 heteroatoms. The van der Waals surface area contributed by atoms with Crippen LogP contribution in [0.15, 0.2) is 12.2 Å². The van der Waals surface area contributed by atoms with E-state index in [1.165, 1.54) is 39.0 Å². The van der Waals surface area contributed by atoms with Gasteiger partial charge in [0.25, 0.3) is 0 Å². The third-order valence-corrected chi connectivity index (χ3v) is 4.82. The minimum absolute atomic E-state index is 0.939. The lowest BCUT2D eigenvalue weighted by Gasteiger charge is -2.19. The van der Waals surface area contributed by atoms with E-state index >= 15 is 0 Å². The normalized spacial score (nSPS) is 41.2. The quantitative estimate of drug-likeness (QED) is 0.665. The van der Waals surface area contributed by atoms with E-state index in [-0.39, 0.29) is 0 Å². The molecule has 2 fully saturated rings. The first-order valence-corrected chi connectivity index (χ1v) is 6.79. The number of nitrogens with zero attached hydrogens (tertiary/aromatic N) is 2. The number of likely N-dealkylation sites (tertiary alicyclic amines) is 1. The first-order chi connectivity index (χ1) is 7.74. The molecular weight excluding hydrogens is 196 g/mol. The molecule has 3 rings (SSSR count). The van der Waals surface area contributed by atoms with Crippen molar-refractivity contribution in [3.63, 3.8) is 0 Å². The maximum absolute atomic E-state index is 2.71. The average Bonchev–Trinajstić information content (AvgIpc) is 2.87. The smallest absolute Gasteiger partial charge is 0.00188 e.